The minimum atomic E-state index is -4.61. The molecule has 1 N–H and O–H groups in total. The normalized spacial score (nSPS) is 11.0. The lowest BCUT2D eigenvalue weighted by atomic mass is 10.2. The van der Waals surface area contributed by atoms with Crippen molar-refractivity contribution in [1.29, 1.82) is 0 Å². The molecule has 2 aromatic carbocycles. The van der Waals surface area contributed by atoms with E-state index in [1.807, 2.05) is 0 Å². The molecule has 7 nitrogen and oxygen atoms in total. The van der Waals surface area contributed by atoms with Crippen molar-refractivity contribution in [1.82, 2.24) is 0 Å². The summed E-state index contributed by atoms with van der Waals surface area (Å²) in [6, 6.07) is 5.27. The van der Waals surface area contributed by atoms with Crippen molar-refractivity contribution >= 4 is 29.2 Å². The number of hydrogen-bond donors (Lipinski definition) is 1. The maximum absolute atomic E-state index is 12.9. The van der Waals surface area contributed by atoms with Gasteiger partial charge in [-0.15, -0.1) is 0 Å². The van der Waals surface area contributed by atoms with Crippen LogP contribution in [0.2, 0.25) is 5.02 Å². The van der Waals surface area contributed by atoms with Crippen molar-refractivity contribution in [2.45, 2.75) is 26.9 Å². The summed E-state index contributed by atoms with van der Waals surface area (Å²) >= 11 is 5.85. The van der Waals surface area contributed by atoms with E-state index in [1.165, 1.54) is 12.1 Å². The van der Waals surface area contributed by atoms with Crippen LogP contribution in [0.15, 0.2) is 30.3 Å². The molecule has 0 aliphatic carbocycles. The SMILES string of the molecule is CCOc1cc(C(=O)OCC(=O)Nc2cc(C(F)(F)F)ccc2Cl)cc(OCC)c1OCC. The average Bonchev–Trinajstić information content (AvgIpc) is 2.75. The average molecular weight is 490 g/mol. The molecule has 2 rings (SSSR count). The lowest BCUT2D eigenvalue weighted by Gasteiger charge is -2.17. The van der Waals surface area contributed by atoms with E-state index in [9.17, 15) is 22.8 Å². The van der Waals surface area contributed by atoms with E-state index in [-0.39, 0.29) is 27.8 Å². The van der Waals surface area contributed by atoms with Crippen LogP contribution in [-0.4, -0.2) is 38.3 Å². The summed E-state index contributed by atoms with van der Waals surface area (Å²) in [7, 11) is 0. The van der Waals surface area contributed by atoms with Gasteiger partial charge in [-0.05, 0) is 51.1 Å². The molecular weight excluding hydrogens is 467 g/mol. The van der Waals surface area contributed by atoms with Crippen LogP contribution in [0.4, 0.5) is 18.9 Å². The third-order valence-corrected chi connectivity index (χ3v) is 4.38. The van der Waals surface area contributed by atoms with E-state index < -0.39 is 30.2 Å². The lowest BCUT2D eigenvalue weighted by molar-refractivity contribution is -0.137. The number of nitrogens with one attached hydrogen (secondary N) is 1. The van der Waals surface area contributed by atoms with Crippen molar-refractivity contribution in [3.63, 3.8) is 0 Å². The number of carbonyl (C=O) groups is 2. The molecule has 0 atom stereocenters. The van der Waals surface area contributed by atoms with Crippen LogP contribution >= 0.6 is 11.6 Å². The number of hydrogen-bond acceptors (Lipinski definition) is 6. The van der Waals surface area contributed by atoms with Gasteiger partial charge in [-0.25, -0.2) is 4.79 Å². The number of amides is 1. The van der Waals surface area contributed by atoms with Gasteiger partial charge in [0.2, 0.25) is 5.75 Å². The van der Waals surface area contributed by atoms with Gasteiger partial charge in [-0.2, -0.15) is 13.2 Å². The largest absolute Gasteiger partial charge is 0.490 e. The Hall–Kier alpha value is -3.14. The summed E-state index contributed by atoms with van der Waals surface area (Å²) in [6.07, 6.45) is -4.61. The fraction of sp³-hybridized carbons (Fsp3) is 0.364. The van der Waals surface area contributed by atoms with Gasteiger partial charge in [0.15, 0.2) is 18.1 Å². The Morgan fingerprint density at radius 3 is 2.03 bits per heavy atom. The Bertz CT molecular complexity index is 970. The van der Waals surface area contributed by atoms with Gasteiger partial charge in [0.1, 0.15) is 0 Å². The quantitative estimate of drug-likeness (QED) is 0.453. The second kappa shape index (κ2) is 11.6. The van der Waals surface area contributed by atoms with Crippen LogP contribution < -0.4 is 19.5 Å². The molecule has 0 saturated carbocycles. The number of esters is 1. The van der Waals surface area contributed by atoms with Gasteiger partial charge in [0.25, 0.3) is 5.91 Å². The molecule has 180 valence electrons. The second-order valence-corrected chi connectivity index (χ2v) is 6.82. The topological polar surface area (TPSA) is 83.1 Å². The van der Waals surface area contributed by atoms with Crippen molar-refractivity contribution in [2.75, 3.05) is 31.7 Å². The van der Waals surface area contributed by atoms with Gasteiger partial charge in [-0.1, -0.05) is 11.6 Å². The number of benzene rings is 2. The van der Waals surface area contributed by atoms with Crippen LogP contribution in [0.25, 0.3) is 0 Å². The zero-order chi connectivity index (χ0) is 24.6. The summed E-state index contributed by atoms with van der Waals surface area (Å²) in [5.41, 5.74) is -1.21. The van der Waals surface area contributed by atoms with Crippen LogP contribution in [0, 0.1) is 0 Å². The van der Waals surface area contributed by atoms with E-state index in [1.54, 1.807) is 20.8 Å². The molecule has 0 fully saturated rings. The van der Waals surface area contributed by atoms with Crippen LogP contribution in [0.3, 0.4) is 0 Å². The molecule has 0 aliphatic rings. The number of carbonyl (C=O) groups excluding carboxylic acids is 2. The first kappa shape index (κ1) is 26.1. The van der Waals surface area contributed by atoms with E-state index >= 15 is 0 Å². The van der Waals surface area contributed by atoms with E-state index in [0.717, 1.165) is 12.1 Å². The smallest absolute Gasteiger partial charge is 0.416 e. The predicted molar refractivity (Wildman–Crippen MR) is 115 cm³/mol. The summed E-state index contributed by atoms with van der Waals surface area (Å²) in [5, 5.41) is 2.10. The summed E-state index contributed by atoms with van der Waals surface area (Å²) < 4.78 is 60.2. The number of anilines is 1. The Labute approximate surface area is 193 Å². The fourth-order valence-electron chi connectivity index (χ4n) is 2.70. The van der Waals surface area contributed by atoms with E-state index in [0.29, 0.717) is 31.6 Å². The first-order chi connectivity index (χ1) is 15.6. The molecule has 0 spiro atoms. The number of rotatable bonds is 10. The van der Waals surface area contributed by atoms with Crippen LogP contribution in [0.1, 0.15) is 36.7 Å². The van der Waals surface area contributed by atoms with Crippen LogP contribution in [0.5, 0.6) is 17.2 Å². The number of ether oxygens (including phenoxy) is 4. The molecule has 0 aromatic heterocycles. The number of halogens is 4. The van der Waals surface area contributed by atoms with Gasteiger partial charge < -0.3 is 24.3 Å². The van der Waals surface area contributed by atoms with Gasteiger partial charge in [0.05, 0.1) is 41.7 Å². The molecule has 0 heterocycles. The van der Waals surface area contributed by atoms with E-state index in [2.05, 4.69) is 5.32 Å². The van der Waals surface area contributed by atoms with Crippen molar-refractivity contribution in [3.8, 4) is 17.2 Å². The van der Waals surface area contributed by atoms with Crippen molar-refractivity contribution in [3.05, 3.63) is 46.5 Å². The van der Waals surface area contributed by atoms with Gasteiger partial charge >= 0.3 is 12.1 Å². The zero-order valence-electron chi connectivity index (χ0n) is 18.2. The standard InChI is InChI=1S/C22H23ClF3NO6/c1-4-30-17-9-13(10-18(31-5-2)20(17)32-6-3)21(29)33-12-19(28)27-16-11-14(22(24,25)26)7-8-15(16)23/h7-11H,4-6,12H2,1-3H3,(H,27,28). The second-order valence-electron chi connectivity index (χ2n) is 6.42. The monoisotopic (exact) mass is 489 g/mol. The molecule has 0 saturated heterocycles. The summed E-state index contributed by atoms with van der Waals surface area (Å²) in [6.45, 7) is 5.46. The highest BCUT2D eigenvalue weighted by atomic mass is 35.5. The summed E-state index contributed by atoms with van der Waals surface area (Å²) in [5.74, 6) is -0.889. The Morgan fingerprint density at radius 2 is 1.52 bits per heavy atom. The molecule has 11 heteroatoms. The third-order valence-electron chi connectivity index (χ3n) is 4.05. The maximum Gasteiger partial charge on any atom is 0.416 e. The highest BCUT2D eigenvalue weighted by Gasteiger charge is 2.31. The van der Waals surface area contributed by atoms with Crippen molar-refractivity contribution in [2.24, 2.45) is 0 Å². The van der Waals surface area contributed by atoms with Gasteiger partial charge in [0, 0.05) is 0 Å². The molecule has 0 bridgehead atoms. The van der Waals surface area contributed by atoms with Crippen molar-refractivity contribution < 1.29 is 41.7 Å². The molecule has 0 aliphatic heterocycles. The zero-order valence-corrected chi connectivity index (χ0v) is 18.9. The Kier molecular flexibility index (Phi) is 9.22. The highest BCUT2D eigenvalue weighted by Crippen LogP contribution is 2.39. The summed E-state index contributed by atoms with van der Waals surface area (Å²) in [4.78, 5) is 24.6. The molecule has 33 heavy (non-hydrogen) atoms. The molecule has 2 aromatic rings. The predicted octanol–water partition coefficient (Wildman–Crippen LogP) is 5.35. The highest BCUT2D eigenvalue weighted by molar-refractivity contribution is 6.33. The minimum absolute atomic E-state index is 0.0373. The van der Waals surface area contributed by atoms with Gasteiger partial charge in [-0.3, -0.25) is 4.79 Å². The third kappa shape index (κ3) is 7.18. The van der Waals surface area contributed by atoms with Crippen LogP contribution in [-0.2, 0) is 15.7 Å². The maximum atomic E-state index is 12.9. The number of alkyl halides is 3. The minimum Gasteiger partial charge on any atom is -0.490 e. The van der Waals surface area contributed by atoms with E-state index in [4.69, 9.17) is 30.5 Å². The fourth-order valence-corrected chi connectivity index (χ4v) is 2.87. The molecule has 0 radical (unpaired) electrons. The molecule has 1 amide bonds. The Balaban J connectivity index is 2.15. The first-order valence-electron chi connectivity index (χ1n) is 10.0. The molecule has 0 unspecified atom stereocenters. The molecular formula is C22H23ClF3NO6. The lowest BCUT2D eigenvalue weighted by Crippen LogP contribution is -2.21. The Morgan fingerprint density at radius 1 is 0.939 bits per heavy atom. The first-order valence-corrected chi connectivity index (χ1v) is 10.4.